The van der Waals surface area contributed by atoms with Crippen molar-refractivity contribution >= 4 is 27.5 Å². The van der Waals surface area contributed by atoms with Gasteiger partial charge in [0, 0.05) is 5.33 Å². The predicted octanol–water partition coefficient (Wildman–Crippen LogP) is 5.59. The molecule has 1 aliphatic carbocycles. The molecule has 1 fully saturated rings. The van der Waals surface area contributed by atoms with Crippen LogP contribution >= 0.6 is 27.5 Å². The summed E-state index contributed by atoms with van der Waals surface area (Å²) in [6.45, 7) is 2.24. The average Bonchev–Trinajstić information content (AvgIpc) is 2.49. The minimum atomic E-state index is 0.259. The maximum atomic E-state index is 6.38. The first-order valence-corrected chi connectivity index (χ1v) is 8.78. The standard InChI is InChI=1S/C16H22BrClO2/c1-3-12-6-4-5-7-14(12)20-16-13(18)8-11(10-17)9-15(16)19-2/h8-9,12,14H,3-7,10H2,1-2H3. The van der Waals surface area contributed by atoms with E-state index >= 15 is 0 Å². The fourth-order valence-corrected chi connectivity index (χ4v) is 3.51. The molecule has 0 N–H and O–H groups in total. The minimum Gasteiger partial charge on any atom is -0.493 e. The SMILES string of the molecule is CCC1CCCCC1Oc1c(Cl)cc(CBr)cc1OC. The molecule has 0 spiro atoms. The summed E-state index contributed by atoms with van der Waals surface area (Å²) in [5.41, 5.74) is 1.09. The molecule has 1 aromatic rings. The molecule has 0 amide bonds. The normalized spacial score (nSPS) is 22.6. The zero-order chi connectivity index (χ0) is 14.5. The van der Waals surface area contributed by atoms with Crippen molar-refractivity contribution in [3.8, 4) is 11.5 Å². The van der Waals surface area contributed by atoms with Gasteiger partial charge >= 0.3 is 0 Å². The summed E-state index contributed by atoms with van der Waals surface area (Å²) in [7, 11) is 1.66. The summed E-state index contributed by atoms with van der Waals surface area (Å²) in [6.07, 6.45) is 6.32. The summed E-state index contributed by atoms with van der Waals surface area (Å²) < 4.78 is 11.7. The quantitative estimate of drug-likeness (QED) is 0.636. The lowest BCUT2D eigenvalue weighted by molar-refractivity contribution is 0.0874. The van der Waals surface area contributed by atoms with E-state index in [1.54, 1.807) is 7.11 Å². The molecule has 1 saturated carbocycles. The van der Waals surface area contributed by atoms with E-state index in [9.17, 15) is 0 Å². The molecule has 20 heavy (non-hydrogen) atoms. The van der Waals surface area contributed by atoms with Gasteiger partial charge in [0.05, 0.1) is 12.1 Å². The summed E-state index contributed by atoms with van der Waals surface area (Å²) in [5, 5.41) is 1.39. The van der Waals surface area contributed by atoms with E-state index in [0.717, 1.165) is 29.5 Å². The van der Waals surface area contributed by atoms with E-state index in [1.807, 2.05) is 12.1 Å². The monoisotopic (exact) mass is 360 g/mol. The molecular formula is C16H22BrClO2. The predicted molar refractivity (Wildman–Crippen MR) is 87.3 cm³/mol. The zero-order valence-electron chi connectivity index (χ0n) is 12.1. The molecule has 0 radical (unpaired) electrons. The highest BCUT2D eigenvalue weighted by Crippen LogP contribution is 2.40. The van der Waals surface area contributed by atoms with Crippen LogP contribution in [-0.4, -0.2) is 13.2 Å². The van der Waals surface area contributed by atoms with Gasteiger partial charge in [0.15, 0.2) is 11.5 Å². The molecule has 2 atom stereocenters. The van der Waals surface area contributed by atoms with Crippen LogP contribution in [0.2, 0.25) is 5.02 Å². The first kappa shape index (κ1) is 16.0. The van der Waals surface area contributed by atoms with Gasteiger partial charge in [-0.15, -0.1) is 0 Å². The van der Waals surface area contributed by atoms with Crippen LogP contribution in [0.15, 0.2) is 12.1 Å². The van der Waals surface area contributed by atoms with Crippen molar-refractivity contribution in [2.24, 2.45) is 5.92 Å². The van der Waals surface area contributed by atoms with E-state index in [0.29, 0.717) is 16.7 Å². The number of rotatable bonds is 5. The van der Waals surface area contributed by atoms with Gasteiger partial charge in [-0.2, -0.15) is 0 Å². The van der Waals surface area contributed by atoms with Gasteiger partial charge in [-0.05, 0) is 49.3 Å². The molecule has 2 nitrogen and oxygen atoms in total. The van der Waals surface area contributed by atoms with Gasteiger partial charge in [-0.25, -0.2) is 0 Å². The van der Waals surface area contributed by atoms with Crippen molar-refractivity contribution in [3.63, 3.8) is 0 Å². The van der Waals surface area contributed by atoms with Gasteiger partial charge in [-0.1, -0.05) is 40.9 Å². The van der Waals surface area contributed by atoms with Crippen molar-refractivity contribution in [1.82, 2.24) is 0 Å². The fourth-order valence-electron chi connectivity index (χ4n) is 2.91. The van der Waals surface area contributed by atoms with Crippen molar-refractivity contribution < 1.29 is 9.47 Å². The van der Waals surface area contributed by atoms with Gasteiger partial charge in [-0.3, -0.25) is 0 Å². The van der Waals surface area contributed by atoms with E-state index in [2.05, 4.69) is 22.9 Å². The van der Waals surface area contributed by atoms with Crippen LogP contribution < -0.4 is 9.47 Å². The lowest BCUT2D eigenvalue weighted by atomic mass is 9.85. The molecule has 112 valence electrons. The maximum Gasteiger partial charge on any atom is 0.180 e. The van der Waals surface area contributed by atoms with Crippen LogP contribution in [0.25, 0.3) is 0 Å². The number of ether oxygens (including phenoxy) is 2. The number of alkyl halides is 1. The third-order valence-corrected chi connectivity index (χ3v) is 5.00. The Bertz CT molecular complexity index is 450. The van der Waals surface area contributed by atoms with Gasteiger partial charge in [0.25, 0.3) is 0 Å². The summed E-state index contributed by atoms with van der Waals surface area (Å²) in [4.78, 5) is 0. The maximum absolute atomic E-state index is 6.38. The Labute approximate surface area is 134 Å². The highest BCUT2D eigenvalue weighted by atomic mass is 79.9. The molecule has 2 rings (SSSR count). The molecule has 1 aliphatic rings. The molecule has 0 aromatic heterocycles. The first-order chi connectivity index (χ1) is 9.69. The Morgan fingerprint density at radius 3 is 2.70 bits per heavy atom. The van der Waals surface area contributed by atoms with E-state index in [4.69, 9.17) is 21.1 Å². The Balaban J connectivity index is 2.23. The average molecular weight is 362 g/mol. The van der Waals surface area contributed by atoms with Crippen LogP contribution in [0, 0.1) is 5.92 Å². The molecule has 0 bridgehead atoms. The Morgan fingerprint density at radius 1 is 1.30 bits per heavy atom. The van der Waals surface area contributed by atoms with Crippen LogP contribution in [0.3, 0.4) is 0 Å². The van der Waals surface area contributed by atoms with Crippen molar-refractivity contribution in [2.45, 2.75) is 50.5 Å². The summed E-state index contributed by atoms with van der Waals surface area (Å²) in [6, 6.07) is 3.93. The zero-order valence-corrected chi connectivity index (χ0v) is 14.5. The molecule has 1 aromatic carbocycles. The van der Waals surface area contributed by atoms with Gasteiger partial charge < -0.3 is 9.47 Å². The van der Waals surface area contributed by atoms with Crippen molar-refractivity contribution in [1.29, 1.82) is 0 Å². The third kappa shape index (κ3) is 3.62. The highest BCUT2D eigenvalue weighted by Gasteiger charge is 2.27. The molecule has 0 heterocycles. The highest BCUT2D eigenvalue weighted by molar-refractivity contribution is 9.08. The summed E-state index contributed by atoms with van der Waals surface area (Å²) in [5.74, 6) is 2.05. The molecule has 2 unspecified atom stereocenters. The topological polar surface area (TPSA) is 18.5 Å². The van der Waals surface area contributed by atoms with Gasteiger partial charge in [0.2, 0.25) is 0 Å². The van der Waals surface area contributed by atoms with E-state index in [-0.39, 0.29) is 6.10 Å². The van der Waals surface area contributed by atoms with Crippen LogP contribution in [-0.2, 0) is 5.33 Å². The van der Waals surface area contributed by atoms with Gasteiger partial charge in [0.1, 0.15) is 6.10 Å². The third-order valence-electron chi connectivity index (χ3n) is 4.08. The van der Waals surface area contributed by atoms with Crippen LogP contribution in [0.4, 0.5) is 0 Å². The number of hydrogen-bond acceptors (Lipinski definition) is 2. The first-order valence-electron chi connectivity index (χ1n) is 7.28. The Hall–Kier alpha value is -0.410. The van der Waals surface area contributed by atoms with Crippen LogP contribution in [0.1, 0.15) is 44.6 Å². The Kier molecular flexibility index (Phi) is 6.03. The fraction of sp³-hybridized carbons (Fsp3) is 0.625. The second-order valence-corrected chi connectivity index (χ2v) is 6.32. The molecule has 0 saturated heterocycles. The number of methoxy groups -OCH3 is 1. The molecule has 4 heteroatoms. The smallest absolute Gasteiger partial charge is 0.180 e. The second kappa shape index (κ2) is 7.56. The number of hydrogen-bond donors (Lipinski definition) is 0. The van der Waals surface area contributed by atoms with Crippen molar-refractivity contribution in [2.75, 3.05) is 7.11 Å². The molecular weight excluding hydrogens is 340 g/mol. The Morgan fingerprint density at radius 2 is 2.05 bits per heavy atom. The molecule has 0 aliphatic heterocycles. The van der Waals surface area contributed by atoms with E-state index in [1.165, 1.54) is 19.3 Å². The van der Waals surface area contributed by atoms with Crippen LogP contribution in [0.5, 0.6) is 11.5 Å². The lowest BCUT2D eigenvalue weighted by Crippen LogP contribution is -2.30. The number of halogens is 2. The second-order valence-electron chi connectivity index (χ2n) is 5.35. The summed E-state index contributed by atoms with van der Waals surface area (Å²) >= 11 is 9.82. The lowest BCUT2D eigenvalue weighted by Gasteiger charge is -2.32. The van der Waals surface area contributed by atoms with E-state index < -0.39 is 0 Å². The van der Waals surface area contributed by atoms with Crippen molar-refractivity contribution in [3.05, 3.63) is 22.7 Å². The largest absolute Gasteiger partial charge is 0.493 e. The minimum absolute atomic E-state index is 0.259. The number of benzene rings is 1.